The maximum absolute atomic E-state index is 12.0. The van der Waals surface area contributed by atoms with Crippen molar-refractivity contribution >= 4 is 40.5 Å². The molecule has 0 amide bonds. The molecule has 3 N–H and O–H groups in total. The van der Waals surface area contributed by atoms with E-state index in [0.29, 0.717) is 23.7 Å². The van der Waals surface area contributed by atoms with Crippen molar-refractivity contribution in [2.45, 2.75) is 33.2 Å². The molecule has 1 aromatic carbocycles. The Labute approximate surface area is 212 Å². The first-order chi connectivity index (χ1) is 17.4. The molecule has 36 heavy (non-hydrogen) atoms. The number of likely N-dealkylation sites (N-methyl/N-ethyl adjacent to an activating group) is 1. The van der Waals surface area contributed by atoms with Crippen LogP contribution in [-0.2, 0) is 9.53 Å². The summed E-state index contributed by atoms with van der Waals surface area (Å²) >= 11 is 0. The van der Waals surface area contributed by atoms with Gasteiger partial charge in [-0.3, -0.25) is 0 Å². The van der Waals surface area contributed by atoms with Gasteiger partial charge in [0.15, 0.2) is 0 Å². The van der Waals surface area contributed by atoms with Crippen LogP contribution in [-0.4, -0.2) is 65.7 Å². The van der Waals surface area contributed by atoms with E-state index in [1.807, 2.05) is 19.1 Å². The van der Waals surface area contributed by atoms with Gasteiger partial charge < -0.3 is 25.6 Å². The fourth-order valence-corrected chi connectivity index (χ4v) is 4.47. The third kappa shape index (κ3) is 5.73. The number of esters is 1. The number of benzene rings is 1. The van der Waals surface area contributed by atoms with E-state index < -0.39 is 5.97 Å². The third-order valence-corrected chi connectivity index (χ3v) is 6.46. The number of hydrogen-bond donors (Lipinski definition) is 2. The SMILES string of the molecule is CCOC(=O)/C=C/c1c(C)nc(N)nc1NC(CC)c1cc2ccccc2nc1N1CCN(C)CC1. The van der Waals surface area contributed by atoms with Crippen LogP contribution < -0.4 is 16.0 Å². The first-order valence-electron chi connectivity index (χ1n) is 12.5. The number of carbonyl (C=O) groups excluding carboxylic acids is 1. The van der Waals surface area contributed by atoms with Crippen molar-refractivity contribution in [2.24, 2.45) is 0 Å². The van der Waals surface area contributed by atoms with Crippen molar-refractivity contribution < 1.29 is 9.53 Å². The molecule has 0 radical (unpaired) electrons. The lowest BCUT2D eigenvalue weighted by Crippen LogP contribution is -2.45. The van der Waals surface area contributed by atoms with Gasteiger partial charge in [0.2, 0.25) is 5.95 Å². The minimum atomic E-state index is -0.414. The zero-order chi connectivity index (χ0) is 25.7. The number of fused-ring (bicyclic) bond motifs is 1. The number of nitrogens with one attached hydrogen (secondary N) is 1. The highest BCUT2D eigenvalue weighted by Gasteiger charge is 2.24. The largest absolute Gasteiger partial charge is 0.463 e. The Balaban J connectivity index is 1.75. The summed E-state index contributed by atoms with van der Waals surface area (Å²) < 4.78 is 5.04. The quantitative estimate of drug-likeness (QED) is 0.360. The Morgan fingerprint density at radius 2 is 1.92 bits per heavy atom. The van der Waals surface area contributed by atoms with Crippen LogP contribution in [0.1, 0.15) is 43.1 Å². The summed E-state index contributed by atoms with van der Waals surface area (Å²) in [6, 6.07) is 10.3. The molecule has 1 aliphatic heterocycles. The highest BCUT2D eigenvalue weighted by atomic mass is 16.5. The molecule has 1 fully saturated rings. The molecular weight excluding hydrogens is 454 g/mol. The molecular formula is C27H35N7O2. The van der Waals surface area contributed by atoms with Crippen LogP contribution in [0.25, 0.3) is 17.0 Å². The molecule has 190 valence electrons. The summed E-state index contributed by atoms with van der Waals surface area (Å²) in [5.41, 5.74) is 9.48. The van der Waals surface area contributed by atoms with E-state index in [0.717, 1.165) is 54.9 Å². The van der Waals surface area contributed by atoms with Gasteiger partial charge in [-0.1, -0.05) is 25.1 Å². The van der Waals surface area contributed by atoms with Crippen LogP contribution in [0, 0.1) is 6.92 Å². The number of aryl methyl sites for hydroxylation is 1. The first-order valence-corrected chi connectivity index (χ1v) is 12.5. The van der Waals surface area contributed by atoms with Crippen molar-refractivity contribution in [2.75, 3.05) is 55.8 Å². The highest BCUT2D eigenvalue weighted by Crippen LogP contribution is 2.34. The van der Waals surface area contributed by atoms with E-state index in [4.69, 9.17) is 15.5 Å². The van der Waals surface area contributed by atoms with Crippen LogP contribution in [0.3, 0.4) is 0 Å². The molecule has 0 spiro atoms. The van der Waals surface area contributed by atoms with Gasteiger partial charge in [-0.2, -0.15) is 4.98 Å². The van der Waals surface area contributed by atoms with Gasteiger partial charge in [-0.15, -0.1) is 0 Å². The standard InChI is InChI=1S/C27H35N7O2/c1-5-22(30-25-20(11-12-24(35)36-6-2)18(3)29-27(28)32-25)21-17-19-9-7-8-10-23(19)31-26(21)34-15-13-33(4)14-16-34/h7-12,17,22H,5-6,13-16H2,1-4H3,(H3,28,29,30,32)/b12-11+. The van der Waals surface area contributed by atoms with Gasteiger partial charge in [0, 0.05) is 48.8 Å². The summed E-state index contributed by atoms with van der Waals surface area (Å²) in [7, 11) is 2.15. The van der Waals surface area contributed by atoms with Gasteiger partial charge in [-0.25, -0.2) is 14.8 Å². The number of nitrogen functional groups attached to an aromatic ring is 1. The molecule has 3 aromatic rings. The van der Waals surface area contributed by atoms with E-state index in [1.165, 1.54) is 6.08 Å². The second kappa shape index (κ2) is 11.3. The number of carbonyl (C=O) groups is 1. The van der Waals surface area contributed by atoms with Gasteiger partial charge in [-0.05, 0) is 45.5 Å². The number of para-hydroxylation sites is 1. The molecule has 9 heteroatoms. The van der Waals surface area contributed by atoms with Gasteiger partial charge in [0.05, 0.1) is 23.9 Å². The minimum Gasteiger partial charge on any atom is -0.463 e. The lowest BCUT2D eigenvalue weighted by molar-refractivity contribution is -0.137. The van der Waals surface area contributed by atoms with E-state index >= 15 is 0 Å². The second-order valence-electron chi connectivity index (χ2n) is 9.00. The van der Waals surface area contributed by atoms with Crippen LogP contribution in [0.4, 0.5) is 17.6 Å². The maximum Gasteiger partial charge on any atom is 0.330 e. The molecule has 1 unspecified atom stereocenters. The number of pyridine rings is 1. The van der Waals surface area contributed by atoms with Gasteiger partial charge in [0.25, 0.3) is 0 Å². The summed E-state index contributed by atoms with van der Waals surface area (Å²) in [4.78, 5) is 30.6. The summed E-state index contributed by atoms with van der Waals surface area (Å²) in [6.45, 7) is 9.88. The Kier molecular flexibility index (Phi) is 8.00. The van der Waals surface area contributed by atoms with Crippen molar-refractivity contribution in [3.05, 3.63) is 53.2 Å². The number of piperazine rings is 1. The predicted octanol–water partition coefficient (Wildman–Crippen LogP) is 3.81. The van der Waals surface area contributed by atoms with Crippen molar-refractivity contribution in [1.29, 1.82) is 0 Å². The Morgan fingerprint density at radius 3 is 2.64 bits per heavy atom. The second-order valence-corrected chi connectivity index (χ2v) is 9.00. The molecule has 1 saturated heterocycles. The van der Waals surface area contributed by atoms with E-state index in [1.54, 1.807) is 13.0 Å². The average Bonchev–Trinajstić information content (AvgIpc) is 2.86. The van der Waals surface area contributed by atoms with E-state index in [-0.39, 0.29) is 12.0 Å². The number of hydrogen-bond acceptors (Lipinski definition) is 9. The van der Waals surface area contributed by atoms with E-state index in [9.17, 15) is 4.79 Å². The molecule has 0 saturated carbocycles. The molecule has 1 aliphatic rings. The first kappa shape index (κ1) is 25.4. The fourth-order valence-electron chi connectivity index (χ4n) is 4.47. The Hall–Kier alpha value is -3.72. The van der Waals surface area contributed by atoms with Crippen LogP contribution in [0.5, 0.6) is 0 Å². The van der Waals surface area contributed by atoms with Crippen LogP contribution >= 0.6 is 0 Å². The number of nitrogens with two attached hydrogens (primary N) is 1. The summed E-state index contributed by atoms with van der Waals surface area (Å²) in [5, 5.41) is 4.68. The number of anilines is 3. The zero-order valence-corrected chi connectivity index (χ0v) is 21.5. The predicted molar refractivity (Wildman–Crippen MR) is 145 cm³/mol. The monoisotopic (exact) mass is 489 g/mol. The fraction of sp³-hybridized carbons (Fsp3) is 0.407. The zero-order valence-electron chi connectivity index (χ0n) is 21.5. The molecule has 3 heterocycles. The average molecular weight is 490 g/mol. The summed E-state index contributed by atoms with van der Waals surface area (Å²) in [5.74, 6) is 1.32. The highest BCUT2D eigenvalue weighted by molar-refractivity contribution is 5.88. The van der Waals surface area contributed by atoms with Crippen molar-refractivity contribution in [3.63, 3.8) is 0 Å². The number of ether oxygens (including phenoxy) is 1. The van der Waals surface area contributed by atoms with Crippen LogP contribution in [0.2, 0.25) is 0 Å². The maximum atomic E-state index is 12.0. The van der Waals surface area contributed by atoms with Gasteiger partial charge in [0.1, 0.15) is 11.6 Å². The van der Waals surface area contributed by atoms with E-state index in [2.05, 4.69) is 57.3 Å². The molecule has 9 nitrogen and oxygen atoms in total. The number of nitrogens with zero attached hydrogens (tertiary/aromatic N) is 5. The molecule has 0 aliphatic carbocycles. The number of rotatable bonds is 8. The Bertz CT molecular complexity index is 1250. The van der Waals surface area contributed by atoms with Gasteiger partial charge >= 0.3 is 5.97 Å². The normalized spacial score (nSPS) is 15.4. The molecule has 4 rings (SSSR count). The lowest BCUT2D eigenvalue weighted by atomic mass is 10.0. The molecule has 1 atom stereocenters. The molecule has 0 bridgehead atoms. The Morgan fingerprint density at radius 1 is 1.17 bits per heavy atom. The third-order valence-electron chi connectivity index (χ3n) is 6.46. The lowest BCUT2D eigenvalue weighted by Gasteiger charge is -2.35. The summed E-state index contributed by atoms with van der Waals surface area (Å²) in [6.07, 6.45) is 3.87. The van der Waals surface area contributed by atoms with Crippen LogP contribution in [0.15, 0.2) is 36.4 Å². The minimum absolute atomic E-state index is 0.0831. The number of aromatic nitrogens is 3. The topological polar surface area (TPSA) is 109 Å². The van der Waals surface area contributed by atoms with Crippen molar-refractivity contribution in [3.8, 4) is 0 Å². The molecule has 2 aromatic heterocycles. The van der Waals surface area contributed by atoms with Crippen molar-refractivity contribution in [1.82, 2.24) is 19.9 Å². The smallest absolute Gasteiger partial charge is 0.330 e.